The van der Waals surface area contributed by atoms with Gasteiger partial charge in [0, 0.05) is 13.2 Å². The predicted octanol–water partition coefficient (Wildman–Crippen LogP) is 10.1. The molecule has 0 saturated carbocycles. The van der Waals surface area contributed by atoms with Gasteiger partial charge in [0.2, 0.25) is 0 Å². The fraction of sp³-hybridized carbons (Fsp3) is 0.412. The fourth-order valence-electron chi connectivity index (χ4n) is 1.28. The van der Waals surface area contributed by atoms with Crippen molar-refractivity contribution in [3.63, 3.8) is 0 Å². The Labute approximate surface area is 266 Å². The van der Waals surface area contributed by atoms with Crippen LogP contribution in [0.15, 0.2) is 132 Å². The van der Waals surface area contributed by atoms with E-state index in [4.69, 9.17) is 19.5 Å². The Balaban J connectivity index is -0.0000000224. The van der Waals surface area contributed by atoms with Gasteiger partial charge in [-0.05, 0) is 26.2 Å². The smallest absolute Gasteiger partial charge is 0.394 e. The molecule has 0 fully saturated rings. The van der Waals surface area contributed by atoms with Crippen molar-refractivity contribution in [1.82, 2.24) is 0 Å². The molecular weight excluding hydrogens is 552 g/mol. The first kappa shape index (κ1) is 83.3. The third-order valence-corrected chi connectivity index (χ3v) is 2.94. The quantitative estimate of drug-likeness (QED) is 0.163. The summed E-state index contributed by atoms with van der Waals surface area (Å²) >= 11 is 0. The molecule has 0 aromatic heterocycles. The number of aliphatic hydroxyl groups is 2. The van der Waals surface area contributed by atoms with Gasteiger partial charge < -0.3 is 14.9 Å². The first-order chi connectivity index (χ1) is 20.3. The highest BCUT2D eigenvalue weighted by Crippen LogP contribution is 2.13. The number of rotatable bonds is 10. The molecule has 7 nitrogen and oxygen atoms in total. The summed E-state index contributed by atoms with van der Waals surface area (Å²) in [6, 6.07) is 0. The van der Waals surface area contributed by atoms with E-state index in [1.807, 2.05) is 20.8 Å². The van der Waals surface area contributed by atoms with Crippen LogP contribution in [0, 0.1) is 5.92 Å². The zero-order chi connectivity index (χ0) is 37.9. The molecule has 0 radical (unpaired) electrons. The second-order valence-electron chi connectivity index (χ2n) is 4.36. The number of aliphatic hydroxyl groups excluding tert-OH is 2. The lowest BCUT2D eigenvalue weighted by molar-refractivity contribution is 0.162. The Bertz CT molecular complexity index is 383. The number of hydrogen-bond acceptors (Lipinski definition) is 6. The monoisotopic (exact) mass is 627 g/mol. The molecule has 0 heterocycles. The fourth-order valence-corrected chi connectivity index (χ4v) is 1.65. The number of hydrogen-bond donors (Lipinski definition) is 3. The second kappa shape index (κ2) is 179. The van der Waals surface area contributed by atoms with Crippen LogP contribution < -0.4 is 0 Å². The molecule has 1 atom stereocenters. The van der Waals surface area contributed by atoms with Gasteiger partial charge in [0.15, 0.2) is 0 Å². The Morgan fingerprint density at radius 2 is 0.833 bits per heavy atom. The van der Waals surface area contributed by atoms with Crippen LogP contribution in [0.1, 0.15) is 53.4 Å². The first-order valence-corrected chi connectivity index (χ1v) is 14.1. The molecule has 0 bridgehead atoms. The Morgan fingerprint density at radius 1 is 0.571 bits per heavy atom. The van der Waals surface area contributed by atoms with Crippen molar-refractivity contribution in [2.24, 2.45) is 5.92 Å². The van der Waals surface area contributed by atoms with E-state index in [9.17, 15) is 8.42 Å². The minimum absolute atomic E-state index is 0.0926. The van der Waals surface area contributed by atoms with E-state index in [0.29, 0.717) is 0 Å². The largest absolute Gasteiger partial charge is 0.397 e. The van der Waals surface area contributed by atoms with Crippen molar-refractivity contribution in [1.29, 1.82) is 0 Å². The van der Waals surface area contributed by atoms with Crippen LogP contribution in [-0.2, 0) is 19.3 Å². The van der Waals surface area contributed by atoms with Crippen LogP contribution in [0.2, 0.25) is 0 Å². The lowest BCUT2D eigenvalue weighted by Gasteiger charge is -2.12. The number of unbranched alkanes of at least 4 members (excludes halogenated alkanes) is 1. The SMILES string of the molecule is C=C.C=C.C=C.C=C.C=C.C=C.C=C.C=C.C=C.C=C.CCCCC(CC)COS(=O)(=O)O.CCOCC.OCCO. The van der Waals surface area contributed by atoms with Crippen LogP contribution in [-0.4, -0.2) is 56.2 Å². The van der Waals surface area contributed by atoms with E-state index in [2.05, 4.69) is 143 Å². The molecule has 0 aromatic carbocycles. The summed E-state index contributed by atoms with van der Waals surface area (Å²) in [6.07, 6.45) is 3.97. The molecule has 0 rings (SSSR count). The highest BCUT2D eigenvalue weighted by Gasteiger charge is 2.11. The lowest BCUT2D eigenvalue weighted by Crippen LogP contribution is -2.13. The molecule has 0 aliphatic rings. The van der Waals surface area contributed by atoms with Gasteiger partial charge in [0.25, 0.3) is 0 Å². The molecule has 0 spiro atoms. The van der Waals surface area contributed by atoms with Crippen molar-refractivity contribution >= 4 is 10.4 Å². The van der Waals surface area contributed by atoms with Gasteiger partial charge in [-0.15, -0.1) is 132 Å². The molecule has 3 N–H and O–H groups in total. The molecule has 0 amide bonds. The number of ether oxygens (including phenoxy) is 1. The van der Waals surface area contributed by atoms with Crippen LogP contribution >= 0.6 is 0 Å². The van der Waals surface area contributed by atoms with Crippen molar-refractivity contribution in [2.45, 2.75) is 53.4 Å². The normalized spacial score (nSPS) is 7.12. The average molecular weight is 627 g/mol. The summed E-state index contributed by atoms with van der Waals surface area (Å²) in [5, 5.41) is 15.2. The lowest BCUT2D eigenvalue weighted by atomic mass is 10.0. The van der Waals surface area contributed by atoms with E-state index in [1.165, 1.54) is 0 Å². The second-order valence-corrected chi connectivity index (χ2v) is 5.45. The summed E-state index contributed by atoms with van der Waals surface area (Å²) in [4.78, 5) is 0. The molecule has 1 unspecified atom stereocenters. The molecule has 0 aliphatic heterocycles. The van der Waals surface area contributed by atoms with Gasteiger partial charge in [0.1, 0.15) is 0 Å². The predicted molar refractivity (Wildman–Crippen MR) is 200 cm³/mol. The molecule has 8 heteroatoms. The summed E-state index contributed by atoms with van der Waals surface area (Å²) < 4.78 is 38.0. The zero-order valence-corrected chi connectivity index (χ0v) is 29.3. The highest BCUT2D eigenvalue weighted by molar-refractivity contribution is 7.80. The Kier molecular flexibility index (Phi) is 355. The van der Waals surface area contributed by atoms with Gasteiger partial charge in [0.05, 0.1) is 19.8 Å². The molecule has 0 aromatic rings. The minimum Gasteiger partial charge on any atom is -0.394 e. The van der Waals surface area contributed by atoms with Gasteiger partial charge in [-0.3, -0.25) is 4.55 Å². The van der Waals surface area contributed by atoms with Crippen molar-refractivity contribution in [2.75, 3.05) is 33.0 Å². The Morgan fingerprint density at radius 3 is 0.952 bits per heavy atom. The van der Waals surface area contributed by atoms with Gasteiger partial charge in [-0.2, -0.15) is 8.42 Å². The van der Waals surface area contributed by atoms with E-state index in [1.54, 1.807) is 0 Å². The molecule has 0 saturated heterocycles. The van der Waals surface area contributed by atoms with Crippen molar-refractivity contribution in [3.05, 3.63) is 132 Å². The van der Waals surface area contributed by atoms with Crippen LogP contribution in [0.3, 0.4) is 0 Å². The zero-order valence-electron chi connectivity index (χ0n) is 28.5. The molecule has 0 aliphatic carbocycles. The highest BCUT2D eigenvalue weighted by atomic mass is 32.3. The average Bonchev–Trinajstić information content (AvgIpc) is 3.10. The van der Waals surface area contributed by atoms with E-state index in [0.717, 1.165) is 38.9 Å². The van der Waals surface area contributed by atoms with Crippen LogP contribution in [0.5, 0.6) is 0 Å². The van der Waals surface area contributed by atoms with Gasteiger partial charge >= 0.3 is 10.4 Å². The van der Waals surface area contributed by atoms with Crippen molar-refractivity contribution in [3.8, 4) is 0 Å². The van der Waals surface area contributed by atoms with Gasteiger partial charge in [-0.25, -0.2) is 4.18 Å². The molecule has 258 valence electrons. The van der Waals surface area contributed by atoms with Crippen molar-refractivity contribution < 1.29 is 32.1 Å². The van der Waals surface area contributed by atoms with Crippen LogP contribution in [0.4, 0.5) is 0 Å². The third-order valence-electron chi connectivity index (χ3n) is 2.50. The first-order valence-electron chi connectivity index (χ1n) is 12.7. The summed E-state index contributed by atoms with van der Waals surface area (Å²) in [5.74, 6) is 0.224. The van der Waals surface area contributed by atoms with Gasteiger partial charge in [-0.1, -0.05) is 33.1 Å². The standard InChI is InChI=1S/C8H18O4S.C4H10O.C2H6O2.10C2H4/c1-3-5-6-8(4-2)7-12-13(9,10)11;1-3-5-4-2;3-1-2-4;10*1-2/h8H,3-7H2,1-2H3,(H,9,10,11);3-4H2,1-2H3;3-4H,1-2H2;10*1-2H2. The molecular formula is C34H74O7S. The summed E-state index contributed by atoms with van der Waals surface area (Å²) in [5.41, 5.74) is 0. The van der Waals surface area contributed by atoms with E-state index < -0.39 is 10.4 Å². The maximum atomic E-state index is 10.3. The van der Waals surface area contributed by atoms with E-state index >= 15 is 0 Å². The summed E-state index contributed by atoms with van der Waals surface area (Å²) in [6.45, 7) is 69.6. The molecule has 42 heavy (non-hydrogen) atoms. The topological polar surface area (TPSA) is 113 Å². The Hall–Kier alpha value is -2.85. The summed E-state index contributed by atoms with van der Waals surface area (Å²) in [7, 11) is -4.25. The third kappa shape index (κ3) is 329. The maximum absolute atomic E-state index is 10.3. The maximum Gasteiger partial charge on any atom is 0.397 e. The minimum atomic E-state index is -4.25. The van der Waals surface area contributed by atoms with Crippen LogP contribution in [0.25, 0.3) is 0 Å². The van der Waals surface area contributed by atoms with E-state index in [-0.39, 0.29) is 25.7 Å².